The van der Waals surface area contributed by atoms with Gasteiger partial charge >= 0.3 is 0 Å². The number of hydrogen-bond acceptors (Lipinski definition) is 5. The van der Waals surface area contributed by atoms with E-state index in [0.717, 1.165) is 17.5 Å². The topological polar surface area (TPSA) is 101 Å². The van der Waals surface area contributed by atoms with Crippen LogP contribution in [0.5, 0.6) is 0 Å². The van der Waals surface area contributed by atoms with Gasteiger partial charge < -0.3 is 15.7 Å². The lowest BCUT2D eigenvalue weighted by molar-refractivity contribution is -0.157. The lowest BCUT2D eigenvalue weighted by atomic mass is 9.69. The first-order chi connectivity index (χ1) is 17.1. The summed E-state index contributed by atoms with van der Waals surface area (Å²) in [7, 11) is 0. The molecule has 1 aromatic carbocycles. The standard InChI is InChI=1S/C29H42N4O3/c1-21(15-22-7-5-4-6-8-22)27(35)32-14-13-29(36,28(2,3)18-32)19-33-20-31-25(16-26(33)34)24-11-9-23(17-30)10-12-24/h9-12,16,20-22,36H,4-8,13-15,17-19,30H2,1-3H3. The van der Waals surface area contributed by atoms with Gasteiger partial charge in [-0.3, -0.25) is 14.2 Å². The molecule has 196 valence electrons. The summed E-state index contributed by atoms with van der Waals surface area (Å²) in [4.78, 5) is 32.6. The van der Waals surface area contributed by atoms with Crippen molar-refractivity contribution in [3.63, 3.8) is 0 Å². The van der Waals surface area contributed by atoms with E-state index in [9.17, 15) is 14.7 Å². The van der Waals surface area contributed by atoms with E-state index in [2.05, 4.69) is 11.9 Å². The summed E-state index contributed by atoms with van der Waals surface area (Å²) < 4.78 is 1.49. The Morgan fingerprint density at radius 1 is 1.19 bits per heavy atom. The van der Waals surface area contributed by atoms with Gasteiger partial charge in [-0.15, -0.1) is 0 Å². The van der Waals surface area contributed by atoms with Gasteiger partial charge in [0.1, 0.15) is 0 Å². The third-order valence-electron chi connectivity index (χ3n) is 8.58. The number of carbonyl (C=O) groups excluding carboxylic acids is 1. The van der Waals surface area contributed by atoms with Crippen LogP contribution in [-0.2, 0) is 17.9 Å². The van der Waals surface area contributed by atoms with Crippen molar-refractivity contribution in [2.24, 2.45) is 23.0 Å². The Morgan fingerprint density at radius 2 is 1.89 bits per heavy atom. The van der Waals surface area contributed by atoms with Crippen LogP contribution in [0.1, 0.15) is 71.3 Å². The second-order valence-electron chi connectivity index (χ2n) is 11.7. The number of benzene rings is 1. The molecule has 2 atom stereocenters. The summed E-state index contributed by atoms with van der Waals surface area (Å²) in [6, 6.07) is 9.19. The summed E-state index contributed by atoms with van der Waals surface area (Å²) in [5, 5.41) is 11.7. The van der Waals surface area contributed by atoms with Gasteiger partial charge in [-0.1, -0.05) is 77.1 Å². The molecule has 1 aliphatic carbocycles. The van der Waals surface area contributed by atoms with E-state index < -0.39 is 11.0 Å². The monoisotopic (exact) mass is 494 g/mol. The highest BCUT2D eigenvalue weighted by molar-refractivity contribution is 5.78. The van der Waals surface area contributed by atoms with Gasteiger partial charge in [0.2, 0.25) is 5.91 Å². The van der Waals surface area contributed by atoms with Gasteiger partial charge in [0, 0.05) is 42.6 Å². The van der Waals surface area contributed by atoms with E-state index in [1.54, 1.807) is 0 Å². The Morgan fingerprint density at radius 3 is 2.50 bits per heavy atom. The van der Waals surface area contributed by atoms with Crippen molar-refractivity contribution in [2.45, 2.75) is 84.4 Å². The molecule has 2 unspecified atom stereocenters. The van der Waals surface area contributed by atoms with Gasteiger partial charge in [-0.25, -0.2) is 4.98 Å². The lowest BCUT2D eigenvalue weighted by Gasteiger charge is -2.50. The molecule has 7 nitrogen and oxygen atoms in total. The predicted molar refractivity (Wildman–Crippen MR) is 142 cm³/mol. The van der Waals surface area contributed by atoms with Gasteiger partial charge in [-0.05, 0) is 24.3 Å². The summed E-state index contributed by atoms with van der Waals surface area (Å²) >= 11 is 0. The number of likely N-dealkylation sites (tertiary alicyclic amines) is 1. The van der Waals surface area contributed by atoms with Crippen LogP contribution in [0.2, 0.25) is 0 Å². The third kappa shape index (κ3) is 5.73. The number of hydrogen-bond donors (Lipinski definition) is 2. The molecule has 2 aliphatic rings. The molecular formula is C29H42N4O3. The molecule has 0 bridgehead atoms. The number of amides is 1. The zero-order valence-electron chi connectivity index (χ0n) is 22.1. The molecule has 1 amide bonds. The van der Waals surface area contributed by atoms with Crippen molar-refractivity contribution < 1.29 is 9.90 Å². The smallest absolute Gasteiger partial charge is 0.253 e. The molecule has 36 heavy (non-hydrogen) atoms. The minimum atomic E-state index is -1.12. The first-order valence-corrected chi connectivity index (χ1v) is 13.5. The Kier molecular flexibility index (Phi) is 8.00. The average Bonchev–Trinajstić information content (AvgIpc) is 2.87. The van der Waals surface area contributed by atoms with Crippen LogP contribution >= 0.6 is 0 Å². The highest BCUT2D eigenvalue weighted by Crippen LogP contribution is 2.40. The molecule has 3 N–H and O–H groups in total. The molecule has 4 rings (SSSR count). The molecule has 1 saturated carbocycles. The number of nitrogens with two attached hydrogens (primary N) is 1. The van der Waals surface area contributed by atoms with Gasteiger partial charge in [0.25, 0.3) is 5.56 Å². The van der Waals surface area contributed by atoms with Crippen molar-refractivity contribution in [1.29, 1.82) is 0 Å². The SMILES string of the molecule is CC(CC1CCCCC1)C(=O)N1CCC(O)(Cn2cnc(-c3ccc(CN)cc3)cc2=O)C(C)(C)C1. The van der Waals surface area contributed by atoms with E-state index in [1.165, 1.54) is 49.1 Å². The Balaban J connectivity index is 1.42. The lowest BCUT2D eigenvalue weighted by Crippen LogP contribution is -2.61. The number of rotatable bonds is 7. The highest BCUT2D eigenvalue weighted by Gasteiger charge is 2.49. The quantitative estimate of drug-likeness (QED) is 0.607. The van der Waals surface area contributed by atoms with Crippen molar-refractivity contribution in [3.05, 3.63) is 52.6 Å². The van der Waals surface area contributed by atoms with Crippen LogP contribution in [0.15, 0.2) is 41.5 Å². The zero-order chi connectivity index (χ0) is 25.9. The normalized spacial score (nSPS) is 23.4. The largest absolute Gasteiger partial charge is 0.387 e. The number of nitrogens with zero attached hydrogens (tertiary/aromatic N) is 3. The maximum absolute atomic E-state index is 13.3. The Bertz CT molecular complexity index is 1100. The number of aliphatic hydroxyl groups is 1. The summed E-state index contributed by atoms with van der Waals surface area (Å²) in [6.45, 7) is 7.63. The van der Waals surface area contributed by atoms with Crippen molar-refractivity contribution in [2.75, 3.05) is 13.1 Å². The minimum absolute atomic E-state index is 0.00775. The molecular weight excluding hydrogens is 452 g/mol. The van der Waals surface area contributed by atoms with E-state index in [-0.39, 0.29) is 23.9 Å². The van der Waals surface area contributed by atoms with Crippen LogP contribution in [0, 0.1) is 17.3 Å². The first-order valence-electron chi connectivity index (χ1n) is 13.5. The minimum Gasteiger partial charge on any atom is -0.387 e. The number of piperidine rings is 1. The second-order valence-corrected chi connectivity index (χ2v) is 11.7. The molecule has 2 aromatic rings. The van der Waals surface area contributed by atoms with E-state index in [4.69, 9.17) is 5.73 Å². The van der Waals surface area contributed by atoms with Gasteiger partial charge in [-0.2, -0.15) is 0 Å². The molecule has 0 spiro atoms. The summed E-state index contributed by atoms with van der Waals surface area (Å²) in [6.07, 6.45) is 9.27. The maximum Gasteiger partial charge on any atom is 0.253 e. The van der Waals surface area contributed by atoms with Crippen LogP contribution in [0.25, 0.3) is 11.3 Å². The van der Waals surface area contributed by atoms with Crippen molar-refractivity contribution in [1.82, 2.24) is 14.5 Å². The fourth-order valence-electron chi connectivity index (χ4n) is 5.97. The summed E-state index contributed by atoms with van der Waals surface area (Å²) in [5.74, 6) is 0.862. The van der Waals surface area contributed by atoms with Crippen molar-refractivity contribution in [3.8, 4) is 11.3 Å². The molecule has 7 heteroatoms. The fraction of sp³-hybridized carbons (Fsp3) is 0.621. The molecule has 1 aliphatic heterocycles. The molecule has 2 fully saturated rings. The summed E-state index contributed by atoms with van der Waals surface area (Å²) in [5.41, 5.74) is 6.25. The van der Waals surface area contributed by atoms with Crippen LogP contribution in [0.4, 0.5) is 0 Å². The number of carbonyl (C=O) groups is 1. The fourth-order valence-corrected chi connectivity index (χ4v) is 5.97. The third-order valence-corrected chi connectivity index (χ3v) is 8.58. The van der Waals surface area contributed by atoms with E-state index in [0.29, 0.717) is 37.7 Å². The molecule has 1 aromatic heterocycles. The average molecular weight is 495 g/mol. The van der Waals surface area contributed by atoms with Crippen molar-refractivity contribution >= 4 is 5.91 Å². The Hall–Kier alpha value is -2.51. The molecule has 0 radical (unpaired) electrons. The zero-order valence-corrected chi connectivity index (χ0v) is 22.1. The van der Waals surface area contributed by atoms with E-state index >= 15 is 0 Å². The van der Waals surface area contributed by atoms with Crippen LogP contribution < -0.4 is 11.3 Å². The van der Waals surface area contributed by atoms with Gasteiger partial charge in [0.15, 0.2) is 0 Å². The first kappa shape index (κ1) is 26.6. The maximum atomic E-state index is 13.3. The number of aromatic nitrogens is 2. The molecule has 2 heterocycles. The van der Waals surface area contributed by atoms with Gasteiger partial charge in [0.05, 0.1) is 24.2 Å². The molecule has 1 saturated heterocycles. The highest BCUT2D eigenvalue weighted by atomic mass is 16.3. The van der Waals surface area contributed by atoms with Crippen LogP contribution in [0.3, 0.4) is 0 Å². The van der Waals surface area contributed by atoms with E-state index in [1.807, 2.05) is 43.0 Å². The Labute approximate surface area is 214 Å². The second kappa shape index (κ2) is 10.9. The predicted octanol–water partition coefficient (Wildman–Crippen LogP) is 3.97. The van der Waals surface area contributed by atoms with Crippen LogP contribution in [-0.4, -0.2) is 44.2 Å².